The number of hydrogen-bond donors (Lipinski definition) is 1. The van der Waals surface area contributed by atoms with Gasteiger partial charge in [-0.05, 0) is 80.2 Å². The zero-order chi connectivity index (χ0) is 21.4. The summed E-state index contributed by atoms with van der Waals surface area (Å²) in [6.45, 7) is 4.03. The van der Waals surface area contributed by atoms with E-state index in [-0.39, 0.29) is 10.7 Å². The third kappa shape index (κ3) is 3.55. The fourth-order valence-corrected chi connectivity index (χ4v) is 3.72. The Morgan fingerprint density at radius 3 is 2.47 bits per heavy atom. The molecule has 1 fully saturated rings. The minimum absolute atomic E-state index is 0.0430. The Labute approximate surface area is 178 Å². The molecule has 150 valence electrons. The van der Waals surface area contributed by atoms with Crippen molar-refractivity contribution in [2.24, 2.45) is 0 Å². The molecule has 0 radical (unpaired) electrons. The van der Waals surface area contributed by atoms with E-state index < -0.39 is 17.6 Å². The average Bonchev–Trinajstić information content (AvgIpc) is 3.14. The first-order chi connectivity index (χ1) is 14.3. The summed E-state index contributed by atoms with van der Waals surface area (Å²) in [6, 6.07) is 15.1. The van der Waals surface area contributed by atoms with E-state index in [9.17, 15) is 14.0 Å². The van der Waals surface area contributed by atoms with Crippen LogP contribution in [0.3, 0.4) is 0 Å². The van der Waals surface area contributed by atoms with Crippen LogP contribution in [-0.2, 0) is 9.59 Å². The minimum Gasteiger partial charge on any atom is -0.317 e. The Bertz CT molecular complexity index is 1210. The second-order valence-corrected chi connectivity index (χ2v) is 7.41. The van der Waals surface area contributed by atoms with E-state index in [1.807, 2.05) is 48.9 Å². The van der Waals surface area contributed by atoms with E-state index in [1.54, 1.807) is 0 Å². The summed E-state index contributed by atoms with van der Waals surface area (Å²) in [7, 11) is 0. The molecule has 4 rings (SSSR count). The molecular formula is C23H18FN3O2S. The number of hydrogen-bond acceptors (Lipinski definition) is 3. The van der Waals surface area contributed by atoms with Gasteiger partial charge < -0.3 is 4.57 Å². The number of carbonyl (C=O) groups excluding carboxylic acids is 2. The van der Waals surface area contributed by atoms with Gasteiger partial charge in [0.15, 0.2) is 5.11 Å². The van der Waals surface area contributed by atoms with Crippen molar-refractivity contribution in [3.05, 3.63) is 89.0 Å². The number of carbonyl (C=O) groups is 2. The first-order valence-corrected chi connectivity index (χ1v) is 9.68. The Morgan fingerprint density at radius 1 is 1.03 bits per heavy atom. The molecule has 2 amide bonds. The monoisotopic (exact) mass is 419 g/mol. The van der Waals surface area contributed by atoms with Crippen LogP contribution in [-0.4, -0.2) is 21.5 Å². The van der Waals surface area contributed by atoms with Gasteiger partial charge in [-0.1, -0.05) is 17.7 Å². The summed E-state index contributed by atoms with van der Waals surface area (Å²) >= 11 is 5.18. The number of aromatic nitrogens is 1. The molecule has 1 aliphatic rings. The highest BCUT2D eigenvalue weighted by molar-refractivity contribution is 7.80. The highest BCUT2D eigenvalue weighted by Crippen LogP contribution is 2.24. The van der Waals surface area contributed by atoms with Crippen molar-refractivity contribution in [1.29, 1.82) is 0 Å². The molecule has 0 bridgehead atoms. The summed E-state index contributed by atoms with van der Waals surface area (Å²) in [5.41, 5.74) is 4.16. The second-order valence-electron chi connectivity index (χ2n) is 7.03. The smallest absolute Gasteiger partial charge is 0.270 e. The lowest BCUT2D eigenvalue weighted by molar-refractivity contribution is -0.122. The second kappa shape index (κ2) is 7.68. The van der Waals surface area contributed by atoms with E-state index in [2.05, 4.69) is 11.4 Å². The summed E-state index contributed by atoms with van der Waals surface area (Å²) in [5.74, 6) is -1.57. The third-order valence-corrected chi connectivity index (χ3v) is 5.16. The number of halogens is 1. The number of nitrogens with one attached hydrogen (secondary N) is 1. The summed E-state index contributed by atoms with van der Waals surface area (Å²) < 4.78 is 15.2. The van der Waals surface area contributed by atoms with Gasteiger partial charge in [0.1, 0.15) is 11.4 Å². The summed E-state index contributed by atoms with van der Waals surface area (Å²) in [6.07, 6.45) is 3.41. The maximum Gasteiger partial charge on any atom is 0.270 e. The van der Waals surface area contributed by atoms with Gasteiger partial charge in [-0.25, -0.2) is 4.39 Å². The van der Waals surface area contributed by atoms with Crippen LogP contribution in [0.25, 0.3) is 11.8 Å². The largest absolute Gasteiger partial charge is 0.317 e. The van der Waals surface area contributed by atoms with E-state index in [1.165, 1.54) is 35.2 Å². The molecule has 5 nitrogen and oxygen atoms in total. The highest BCUT2D eigenvalue weighted by atomic mass is 32.1. The molecule has 2 aromatic carbocycles. The van der Waals surface area contributed by atoms with Gasteiger partial charge in [-0.3, -0.25) is 19.8 Å². The van der Waals surface area contributed by atoms with Gasteiger partial charge in [-0.2, -0.15) is 0 Å². The van der Waals surface area contributed by atoms with E-state index in [0.29, 0.717) is 11.4 Å². The van der Waals surface area contributed by atoms with Crippen molar-refractivity contribution in [1.82, 2.24) is 9.88 Å². The lowest BCUT2D eigenvalue weighted by atomic mass is 10.1. The fourth-order valence-electron chi connectivity index (χ4n) is 3.44. The molecule has 1 aliphatic heterocycles. The maximum atomic E-state index is 13.3. The Morgan fingerprint density at radius 2 is 1.77 bits per heavy atom. The summed E-state index contributed by atoms with van der Waals surface area (Å²) in [4.78, 5) is 26.9. The van der Waals surface area contributed by atoms with Gasteiger partial charge >= 0.3 is 0 Å². The quantitative estimate of drug-likeness (QED) is 0.396. The van der Waals surface area contributed by atoms with E-state index >= 15 is 0 Å². The lowest BCUT2D eigenvalue weighted by Gasteiger charge is -2.29. The molecule has 0 saturated carbocycles. The van der Waals surface area contributed by atoms with Crippen molar-refractivity contribution in [3.63, 3.8) is 0 Å². The van der Waals surface area contributed by atoms with E-state index in [4.69, 9.17) is 12.2 Å². The molecule has 0 aliphatic carbocycles. The number of aryl methyl sites for hydroxylation is 2. The molecule has 0 unspecified atom stereocenters. The van der Waals surface area contributed by atoms with Crippen LogP contribution in [0.4, 0.5) is 10.1 Å². The first kappa shape index (κ1) is 19.7. The predicted molar refractivity (Wildman–Crippen MR) is 118 cm³/mol. The Hall–Kier alpha value is -3.58. The standard InChI is InChI=1S/C23H18FN3O2S/c1-14-5-10-20(15(2)12-14)26-11-3-4-18(26)13-19-21(28)25-23(30)27(22(19)29)17-8-6-16(24)7-9-17/h3-13H,1-2H3,(H,25,28,30)/b19-13+. The van der Waals surface area contributed by atoms with Gasteiger partial charge in [0.05, 0.1) is 5.69 Å². The maximum absolute atomic E-state index is 13.3. The number of amides is 2. The van der Waals surface area contributed by atoms with E-state index in [0.717, 1.165) is 16.8 Å². The molecular weight excluding hydrogens is 401 g/mol. The van der Waals surface area contributed by atoms with Crippen LogP contribution in [0.2, 0.25) is 0 Å². The topological polar surface area (TPSA) is 54.3 Å². The minimum atomic E-state index is -0.572. The van der Waals surface area contributed by atoms with Crippen LogP contribution in [0.15, 0.2) is 66.4 Å². The summed E-state index contributed by atoms with van der Waals surface area (Å²) in [5, 5.41) is 2.50. The highest BCUT2D eigenvalue weighted by Gasteiger charge is 2.34. The SMILES string of the molecule is Cc1ccc(-n2cccc2/C=C2\C(=O)NC(=S)N(c3ccc(F)cc3)C2=O)c(C)c1. The first-order valence-electron chi connectivity index (χ1n) is 9.27. The Kier molecular flexibility index (Phi) is 5.05. The van der Waals surface area contributed by atoms with Crippen LogP contribution in [0.1, 0.15) is 16.8 Å². The number of rotatable bonds is 3. The number of benzene rings is 2. The van der Waals surface area contributed by atoms with Crippen LogP contribution in [0, 0.1) is 19.7 Å². The molecule has 30 heavy (non-hydrogen) atoms. The van der Waals surface area contributed by atoms with Crippen LogP contribution < -0.4 is 10.2 Å². The molecule has 0 atom stereocenters. The molecule has 1 N–H and O–H groups in total. The van der Waals surface area contributed by atoms with Crippen LogP contribution in [0.5, 0.6) is 0 Å². The fraction of sp³-hybridized carbons (Fsp3) is 0.0870. The van der Waals surface area contributed by atoms with Gasteiger partial charge in [0.2, 0.25) is 0 Å². The van der Waals surface area contributed by atoms with Crippen LogP contribution >= 0.6 is 12.2 Å². The number of nitrogens with zero attached hydrogens (tertiary/aromatic N) is 2. The average molecular weight is 419 g/mol. The van der Waals surface area contributed by atoms with Crippen molar-refractivity contribution in [3.8, 4) is 5.69 Å². The molecule has 3 aromatic rings. The predicted octanol–water partition coefficient (Wildman–Crippen LogP) is 4.06. The molecule has 0 spiro atoms. The molecule has 1 saturated heterocycles. The molecule has 7 heteroatoms. The zero-order valence-corrected chi connectivity index (χ0v) is 17.2. The molecule has 1 aromatic heterocycles. The Balaban J connectivity index is 1.76. The van der Waals surface area contributed by atoms with Gasteiger partial charge in [0, 0.05) is 17.6 Å². The van der Waals surface area contributed by atoms with Crippen molar-refractivity contribution in [2.75, 3.05) is 4.90 Å². The van der Waals surface area contributed by atoms with Crippen molar-refractivity contribution < 1.29 is 14.0 Å². The van der Waals surface area contributed by atoms with Gasteiger partial charge in [0.25, 0.3) is 11.8 Å². The van der Waals surface area contributed by atoms with Crippen molar-refractivity contribution >= 4 is 40.9 Å². The lowest BCUT2D eigenvalue weighted by Crippen LogP contribution is -2.54. The number of anilines is 1. The third-order valence-electron chi connectivity index (χ3n) is 4.87. The molecule has 2 heterocycles. The van der Waals surface area contributed by atoms with Crippen molar-refractivity contribution in [2.45, 2.75) is 13.8 Å². The number of thiocarbonyl (C=S) groups is 1. The zero-order valence-electron chi connectivity index (χ0n) is 16.3. The van der Waals surface area contributed by atoms with Gasteiger partial charge in [-0.15, -0.1) is 0 Å². The normalized spacial score (nSPS) is 15.6.